The summed E-state index contributed by atoms with van der Waals surface area (Å²) in [6.45, 7) is 10.4. The molecule has 0 bridgehead atoms. The van der Waals surface area contributed by atoms with E-state index in [4.69, 9.17) is 4.42 Å². The molecule has 0 saturated heterocycles. The van der Waals surface area contributed by atoms with E-state index in [-0.39, 0.29) is 23.3 Å². The molecule has 0 saturated carbocycles. The summed E-state index contributed by atoms with van der Waals surface area (Å²) in [4.78, 5) is 13.0. The second-order valence-corrected chi connectivity index (χ2v) is 7.76. The van der Waals surface area contributed by atoms with E-state index in [1.54, 1.807) is 0 Å². The van der Waals surface area contributed by atoms with Crippen molar-refractivity contribution in [2.24, 2.45) is 0 Å². The monoisotopic (exact) mass is 333 g/mol. The Morgan fingerprint density at radius 1 is 1.22 bits per heavy atom. The Kier molecular flexibility index (Phi) is 5.46. The first-order chi connectivity index (χ1) is 10.8. The largest absolute Gasteiger partial charge is 0.408 e. The smallest absolute Gasteiger partial charge is 0.322 e. The molecule has 6 heteroatoms. The third-order valence-electron chi connectivity index (χ3n) is 3.27. The summed E-state index contributed by atoms with van der Waals surface area (Å²) in [5.74, 6) is 0.803. The van der Waals surface area contributed by atoms with Crippen LogP contribution in [0.1, 0.15) is 52.0 Å². The third-order valence-corrected chi connectivity index (χ3v) is 4.28. The van der Waals surface area contributed by atoms with Gasteiger partial charge in [-0.2, -0.15) is 0 Å². The minimum atomic E-state index is -0.158. The maximum Gasteiger partial charge on any atom is 0.322 e. The minimum absolute atomic E-state index is 0.132. The molecule has 2 aromatic rings. The number of hydrogen-bond acceptors (Lipinski definition) is 5. The van der Waals surface area contributed by atoms with Gasteiger partial charge in [0.15, 0.2) is 0 Å². The first-order valence-corrected chi connectivity index (χ1v) is 8.61. The average Bonchev–Trinajstić information content (AvgIpc) is 2.93. The van der Waals surface area contributed by atoms with Crippen LogP contribution in [0.5, 0.6) is 0 Å². The van der Waals surface area contributed by atoms with Gasteiger partial charge in [-0.15, -0.1) is 16.9 Å². The van der Waals surface area contributed by atoms with Gasteiger partial charge in [0.25, 0.3) is 0 Å². The number of aromatic nitrogens is 2. The van der Waals surface area contributed by atoms with E-state index >= 15 is 0 Å². The van der Waals surface area contributed by atoms with Crippen molar-refractivity contribution >= 4 is 23.7 Å². The average molecular weight is 333 g/mol. The lowest BCUT2D eigenvalue weighted by Gasteiger charge is -2.18. The van der Waals surface area contributed by atoms with Gasteiger partial charge in [0.05, 0.1) is 5.75 Å². The van der Waals surface area contributed by atoms with Gasteiger partial charge in [0, 0.05) is 10.8 Å². The number of anilines is 1. The van der Waals surface area contributed by atoms with Crippen molar-refractivity contribution in [2.45, 2.75) is 50.8 Å². The Balaban J connectivity index is 1.86. The lowest BCUT2D eigenvalue weighted by molar-refractivity contribution is -0.113. The highest BCUT2D eigenvalue weighted by atomic mass is 32.2. The fourth-order valence-corrected chi connectivity index (χ4v) is 2.57. The first-order valence-electron chi connectivity index (χ1n) is 7.62. The number of carbonyl (C=O) groups is 1. The van der Waals surface area contributed by atoms with Crippen LogP contribution in [0.15, 0.2) is 33.6 Å². The molecule has 0 aliphatic rings. The molecule has 0 fully saturated rings. The molecule has 5 nitrogen and oxygen atoms in total. The summed E-state index contributed by atoms with van der Waals surface area (Å²) in [5.41, 5.74) is 1.41. The molecule has 0 unspecified atom stereocenters. The Bertz CT molecular complexity index is 657. The van der Waals surface area contributed by atoms with Crippen LogP contribution in [0, 0.1) is 0 Å². The molecular formula is C17H23N3O2S. The van der Waals surface area contributed by atoms with Crippen LogP contribution in [-0.2, 0) is 10.2 Å². The lowest BCUT2D eigenvalue weighted by Crippen LogP contribution is -2.14. The van der Waals surface area contributed by atoms with Gasteiger partial charge in [-0.25, -0.2) is 0 Å². The molecule has 1 heterocycles. The van der Waals surface area contributed by atoms with Crippen LogP contribution < -0.4 is 5.32 Å². The van der Waals surface area contributed by atoms with Crippen LogP contribution in [0.2, 0.25) is 0 Å². The lowest BCUT2D eigenvalue weighted by atomic mass is 9.87. The highest BCUT2D eigenvalue weighted by Gasteiger charge is 2.14. The number of nitrogens with one attached hydrogen (secondary N) is 1. The molecule has 1 aromatic heterocycles. The number of nitrogens with zero attached hydrogens (tertiary/aromatic N) is 2. The number of amides is 1. The maximum atomic E-state index is 11.9. The van der Waals surface area contributed by atoms with Crippen molar-refractivity contribution in [3.8, 4) is 0 Å². The summed E-state index contributed by atoms with van der Waals surface area (Å²) in [7, 11) is 0. The molecule has 124 valence electrons. The molecule has 0 aliphatic carbocycles. The van der Waals surface area contributed by atoms with E-state index in [1.165, 1.54) is 17.3 Å². The van der Waals surface area contributed by atoms with Crippen molar-refractivity contribution in [3.05, 3.63) is 35.7 Å². The molecule has 23 heavy (non-hydrogen) atoms. The van der Waals surface area contributed by atoms with Crippen molar-refractivity contribution in [3.63, 3.8) is 0 Å². The summed E-state index contributed by atoms with van der Waals surface area (Å²) in [6, 6.07) is 8.45. The molecule has 0 radical (unpaired) electrons. The third kappa shape index (κ3) is 5.10. The molecular weight excluding hydrogens is 310 g/mol. The summed E-state index contributed by atoms with van der Waals surface area (Å²) < 4.78 is 5.36. The number of hydrogen-bond donors (Lipinski definition) is 1. The Morgan fingerprint density at radius 2 is 1.87 bits per heavy atom. The van der Waals surface area contributed by atoms with E-state index in [2.05, 4.69) is 48.4 Å². The number of thioether (sulfide) groups is 1. The van der Waals surface area contributed by atoms with Crippen molar-refractivity contribution in [2.75, 3.05) is 11.1 Å². The van der Waals surface area contributed by atoms with Gasteiger partial charge in [-0.05, 0) is 23.1 Å². The van der Waals surface area contributed by atoms with Crippen LogP contribution in [0.25, 0.3) is 0 Å². The van der Waals surface area contributed by atoms with Crippen LogP contribution >= 0.6 is 11.8 Å². The second-order valence-electron chi connectivity index (χ2n) is 6.71. The molecule has 1 N–H and O–H groups in total. The molecule has 2 rings (SSSR count). The van der Waals surface area contributed by atoms with Gasteiger partial charge in [0.2, 0.25) is 11.8 Å². The fourth-order valence-electron chi connectivity index (χ4n) is 1.87. The summed E-state index contributed by atoms with van der Waals surface area (Å²) >= 11 is 1.48. The molecule has 0 spiro atoms. The van der Waals surface area contributed by atoms with E-state index in [9.17, 15) is 4.79 Å². The van der Waals surface area contributed by atoms with Crippen LogP contribution in [-0.4, -0.2) is 21.9 Å². The predicted molar refractivity (Wildman–Crippen MR) is 92.9 cm³/mol. The van der Waals surface area contributed by atoms with Gasteiger partial charge in [0.1, 0.15) is 0 Å². The van der Waals surface area contributed by atoms with E-state index < -0.39 is 0 Å². The van der Waals surface area contributed by atoms with Crippen molar-refractivity contribution < 1.29 is 9.21 Å². The van der Waals surface area contributed by atoms with Gasteiger partial charge >= 0.3 is 6.01 Å². The molecule has 1 aromatic carbocycles. The summed E-state index contributed by atoms with van der Waals surface area (Å²) in [5, 5.41) is 10.3. The number of benzene rings is 1. The van der Waals surface area contributed by atoms with Crippen molar-refractivity contribution in [1.82, 2.24) is 10.2 Å². The second kappa shape index (κ2) is 7.17. The number of carbonyl (C=O) groups excluding carboxylic acids is 1. The number of rotatable bonds is 5. The highest BCUT2D eigenvalue weighted by Crippen LogP contribution is 2.25. The Morgan fingerprint density at radius 3 is 2.39 bits per heavy atom. The standard InChI is InChI=1S/C17H23N3O2S/c1-11(2)15-19-20-16(22-15)18-14(21)10-23-13-8-6-12(7-9-13)17(3,4)5/h6-9,11H,10H2,1-5H3,(H,18,20,21). The first kappa shape index (κ1) is 17.5. The quantitative estimate of drug-likeness (QED) is 0.830. The maximum absolute atomic E-state index is 11.9. The highest BCUT2D eigenvalue weighted by molar-refractivity contribution is 8.00. The predicted octanol–water partition coefficient (Wildman–Crippen LogP) is 4.22. The molecule has 0 aliphatic heterocycles. The molecule has 1 amide bonds. The van der Waals surface area contributed by atoms with Crippen LogP contribution in [0.3, 0.4) is 0 Å². The van der Waals surface area contributed by atoms with E-state index in [1.807, 2.05) is 26.0 Å². The Labute approximate surface area is 141 Å². The van der Waals surface area contributed by atoms with Crippen LogP contribution in [0.4, 0.5) is 6.01 Å². The van der Waals surface area contributed by atoms with E-state index in [0.717, 1.165) is 4.90 Å². The minimum Gasteiger partial charge on any atom is -0.408 e. The Hall–Kier alpha value is -1.82. The van der Waals surface area contributed by atoms with Gasteiger partial charge in [-0.3, -0.25) is 10.1 Å². The van der Waals surface area contributed by atoms with E-state index in [0.29, 0.717) is 11.6 Å². The topological polar surface area (TPSA) is 68.0 Å². The van der Waals surface area contributed by atoms with Crippen molar-refractivity contribution in [1.29, 1.82) is 0 Å². The zero-order chi connectivity index (χ0) is 17.0. The SMILES string of the molecule is CC(C)c1nnc(NC(=O)CSc2ccc(C(C)(C)C)cc2)o1. The summed E-state index contributed by atoms with van der Waals surface area (Å²) in [6.07, 6.45) is 0. The van der Waals surface area contributed by atoms with Gasteiger partial charge in [-0.1, -0.05) is 51.9 Å². The fraction of sp³-hybridized carbons (Fsp3) is 0.471. The van der Waals surface area contributed by atoms with Gasteiger partial charge < -0.3 is 4.42 Å². The molecule has 0 atom stereocenters. The zero-order valence-electron chi connectivity index (χ0n) is 14.2. The zero-order valence-corrected chi connectivity index (χ0v) is 15.0. The normalized spacial score (nSPS) is 11.7.